The van der Waals surface area contributed by atoms with Gasteiger partial charge < -0.3 is 9.47 Å². The van der Waals surface area contributed by atoms with Crippen molar-refractivity contribution in [1.29, 1.82) is 0 Å². The zero-order valence-electron chi connectivity index (χ0n) is 12.2. The first kappa shape index (κ1) is 18.3. The maximum absolute atomic E-state index is 11.9. The van der Waals surface area contributed by atoms with E-state index in [1.54, 1.807) is 6.92 Å². The van der Waals surface area contributed by atoms with Gasteiger partial charge in [0.05, 0.1) is 26.6 Å². The van der Waals surface area contributed by atoms with Gasteiger partial charge in [0.25, 0.3) is 5.69 Å². The SMILES string of the molecule is CCOC(=O)c1cc(Oc2cc(Cl)c(Cl)cc2Cl)ccc1[N+](=O)[O-]. The average Bonchev–Trinajstić information content (AvgIpc) is 2.52. The van der Waals surface area contributed by atoms with Gasteiger partial charge in [0.2, 0.25) is 0 Å². The first-order chi connectivity index (χ1) is 11.3. The summed E-state index contributed by atoms with van der Waals surface area (Å²) in [5.74, 6) is -0.478. The molecular formula is C15H10Cl3NO5. The molecule has 0 aromatic heterocycles. The molecule has 0 aliphatic rings. The Hall–Kier alpha value is -2.02. The molecule has 6 nitrogen and oxygen atoms in total. The summed E-state index contributed by atoms with van der Waals surface area (Å²) in [7, 11) is 0. The minimum absolute atomic E-state index is 0.0830. The van der Waals surface area contributed by atoms with Crippen molar-refractivity contribution in [3.63, 3.8) is 0 Å². The Labute approximate surface area is 152 Å². The maximum atomic E-state index is 11.9. The average molecular weight is 391 g/mol. The van der Waals surface area contributed by atoms with Crippen LogP contribution in [0, 0.1) is 10.1 Å². The Morgan fingerprint density at radius 2 is 1.79 bits per heavy atom. The summed E-state index contributed by atoms with van der Waals surface area (Å²) >= 11 is 17.8. The number of esters is 1. The van der Waals surface area contributed by atoms with Crippen molar-refractivity contribution in [3.8, 4) is 11.5 Å². The molecule has 0 atom stereocenters. The number of ether oxygens (including phenoxy) is 2. The fourth-order valence-electron chi connectivity index (χ4n) is 1.82. The van der Waals surface area contributed by atoms with Gasteiger partial charge in [-0.15, -0.1) is 0 Å². The topological polar surface area (TPSA) is 78.7 Å². The van der Waals surface area contributed by atoms with Crippen molar-refractivity contribution in [3.05, 3.63) is 61.1 Å². The van der Waals surface area contributed by atoms with Gasteiger partial charge in [-0.05, 0) is 19.1 Å². The summed E-state index contributed by atoms with van der Waals surface area (Å²) in [5.41, 5.74) is -0.614. The smallest absolute Gasteiger partial charge is 0.345 e. The lowest BCUT2D eigenvalue weighted by atomic mass is 10.1. The van der Waals surface area contributed by atoms with Crippen molar-refractivity contribution in [1.82, 2.24) is 0 Å². The molecule has 24 heavy (non-hydrogen) atoms. The lowest BCUT2D eigenvalue weighted by Crippen LogP contribution is -2.08. The van der Waals surface area contributed by atoms with Gasteiger partial charge in [0.15, 0.2) is 0 Å². The van der Waals surface area contributed by atoms with E-state index in [-0.39, 0.29) is 44.4 Å². The van der Waals surface area contributed by atoms with Crippen molar-refractivity contribution in [2.75, 3.05) is 6.61 Å². The number of carbonyl (C=O) groups is 1. The first-order valence-electron chi connectivity index (χ1n) is 6.61. The van der Waals surface area contributed by atoms with Crippen LogP contribution in [0.5, 0.6) is 11.5 Å². The van der Waals surface area contributed by atoms with Crippen molar-refractivity contribution < 1.29 is 19.2 Å². The van der Waals surface area contributed by atoms with Crippen LogP contribution >= 0.6 is 34.8 Å². The van der Waals surface area contributed by atoms with Crippen LogP contribution in [0.15, 0.2) is 30.3 Å². The van der Waals surface area contributed by atoms with Gasteiger partial charge in [-0.2, -0.15) is 0 Å². The Bertz CT molecular complexity index is 810. The molecule has 0 N–H and O–H groups in total. The monoisotopic (exact) mass is 389 g/mol. The van der Waals surface area contributed by atoms with Gasteiger partial charge in [-0.3, -0.25) is 10.1 Å². The number of hydrogen-bond acceptors (Lipinski definition) is 5. The van der Waals surface area contributed by atoms with E-state index in [0.29, 0.717) is 0 Å². The number of nitro groups is 1. The minimum Gasteiger partial charge on any atom is -0.462 e. The summed E-state index contributed by atoms with van der Waals surface area (Å²) in [6.45, 7) is 1.68. The molecule has 0 spiro atoms. The highest BCUT2D eigenvalue weighted by molar-refractivity contribution is 6.43. The molecule has 9 heteroatoms. The lowest BCUT2D eigenvalue weighted by molar-refractivity contribution is -0.385. The Balaban J connectivity index is 2.42. The van der Waals surface area contributed by atoms with Crippen molar-refractivity contribution in [2.24, 2.45) is 0 Å². The predicted octanol–water partition coefficient (Wildman–Crippen LogP) is 5.52. The predicted molar refractivity (Wildman–Crippen MR) is 90.6 cm³/mol. The second-order valence-corrected chi connectivity index (χ2v) is 5.68. The Morgan fingerprint density at radius 3 is 2.42 bits per heavy atom. The molecule has 0 bridgehead atoms. The number of benzene rings is 2. The molecule has 126 valence electrons. The zero-order valence-corrected chi connectivity index (χ0v) is 14.5. The summed E-state index contributed by atoms with van der Waals surface area (Å²) < 4.78 is 10.4. The molecule has 0 aliphatic carbocycles. The molecule has 0 amide bonds. The molecule has 0 aliphatic heterocycles. The summed E-state index contributed by atoms with van der Waals surface area (Å²) in [4.78, 5) is 22.3. The number of nitro benzene ring substituents is 1. The number of halogens is 3. The van der Waals surface area contributed by atoms with E-state index in [2.05, 4.69) is 0 Å². The molecule has 0 saturated carbocycles. The normalized spacial score (nSPS) is 10.3. The highest BCUT2D eigenvalue weighted by Crippen LogP contribution is 2.37. The number of nitrogens with zero attached hydrogens (tertiary/aromatic N) is 1. The second kappa shape index (κ2) is 7.70. The minimum atomic E-state index is -0.824. The largest absolute Gasteiger partial charge is 0.462 e. The maximum Gasteiger partial charge on any atom is 0.345 e. The van der Waals surface area contributed by atoms with Crippen LogP contribution in [-0.2, 0) is 4.74 Å². The first-order valence-corrected chi connectivity index (χ1v) is 7.74. The molecule has 2 aromatic rings. The fourth-order valence-corrected chi connectivity index (χ4v) is 2.40. The van der Waals surface area contributed by atoms with Crippen LogP contribution in [0.1, 0.15) is 17.3 Å². The summed E-state index contributed by atoms with van der Waals surface area (Å²) in [5, 5.41) is 11.7. The highest BCUT2D eigenvalue weighted by Gasteiger charge is 2.22. The standard InChI is InChI=1S/C15H10Cl3NO5/c1-2-23-15(20)9-5-8(3-4-13(9)19(21)22)24-14-7-11(17)10(16)6-12(14)18/h3-7H,2H2,1H3. The van der Waals surface area contributed by atoms with Crippen LogP contribution in [0.25, 0.3) is 0 Å². The summed E-state index contributed by atoms with van der Waals surface area (Å²) in [6, 6.07) is 6.48. The molecule has 0 saturated heterocycles. The van der Waals surface area contributed by atoms with Gasteiger partial charge in [-0.1, -0.05) is 34.8 Å². The van der Waals surface area contributed by atoms with E-state index >= 15 is 0 Å². The number of hydrogen-bond donors (Lipinski definition) is 0. The summed E-state index contributed by atoms with van der Waals surface area (Å²) in [6.07, 6.45) is 0. The van der Waals surface area contributed by atoms with Crippen LogP contribution in [0.4, 0.5) is 5.69 Å². The van der Waals surface area contributed by atoms with Gasteiger partial charge >= 0.3 is 5.97 Å². The number of carbonyl (C=O) groups excluding carboxylic acids is 1. The zero-order chi connectivity index (χ0) is 17.9. The third kappa shape index (κ3) is 4.08. The molecular weight excluding hydrogens is 381 g/mol. The van der Waals surface area contributed by atoms with Crippen LogP contribution in [0.2, 0.25) is 15.1 Å². The molecule has 2 aromatic carbocycles. The van der Waals surface area contributed by atoms with Crippen LogP contribution in [-0.4, -0.2) is 17.5 Å². The quantitative estimate of drug-likeness (QED) is 0.290. The Kier molecular flexibility index (Phi) is 5.88. The lowest BCUT2D eigenvalue weighted by Gasteiger charge is -2.10. The fraction of sp³-hybridized carbons (Fsp3) is 0.133. The highest BCUT2D eigenvalue weighted by atomic mass is 35.5. The Morgan fingerprint density at radius 1 is 1.12 bits per heavy atom. The molecule has 0 heterocycles. The van der Waals surface area contributed by atoms with E-state index in [4.69, 9.17) is 44.3 Å². The third-order valence-electron chi connectivity index (χ3n) is 2.86. The molecule has 0 unspecified atom stereocenters. The van der Waals surface area contributed by atoms with Crippen LogP contribution in [0.3, 0.4) is 0 Å². The van der Waals surface area contributed by atoms with Gasteiger partial charge in [-0.25, -0.2) is 4.79 Å². The molecule has 0 radical (unpaired) electrons. The van der Waals surface area contributed by atoms with Crippen molar-refractivity contribution >= 4 is 46.5 Å². The van der Waals surface area contributed by atoms with Gasteiger partial charge in [0, 0.05) is 18.2 Å². The van der Waals surface area contributed by atoms with E-state index < -0.39 is 10.9 Å². The van der Waals surface area contributed by atoms with E-state index in [9.17, 15) is 14.9 Å². The van der Waals surface area contributed by atoms with Gasteiger partial charge in [0.1, 0.15) is 17.1 Å². The van der Waals surface area contributed by atoms with E-state index in [1.165, 1.54) is 24.3 Å². The van der Waals surface area contributed by atoms with E-state index in [1.807, 2.05) is 0 Å². The van der Waals surface area contributed by atoms with E-state index in [0.717, 1.165) is 6.07 Å². The number of rotatable bonds is 5. The van der Waals surface area contributed by atoms with Crippen molar-refractivity contribution in [2.45, 2.75) is 6.92 Å². The molecule has 0 fully saturated rings. The second-order valence-electron chi connectivity index (χ2n) is 4.46. The van der Waals surface area contributed by atoms with Crippen LogP contribution < -0.4 is 4.74 Å². The third-order valence-corrected chi connectivity index (χ3v) is 3.88. The molecule has 2 rings (SSSR count).